The number of nitrogens with zero attached hydrogens (tertiary/aromatic N) is 1. The van der Waals surface area contributed by atoms with Crippen LogP contribution in [0, 0.1) is 5.92 Å². The van der Waals surface area contributed by atoms with E-state index in [0.717, 1.165) is 22.6 Å². The van der Waals surface area contributed by atoms with Gasteiger partial charge in [-0.2, -0.15) is 0 Å². The smallest absolute Gasteiger partial charge is 0.261 e. The number of thiophene rings is 1. The summed E-state index contributed by atoms with van der Waals surface area (Å²) in [4.78, 5) is 39.2. The van der Waals surface area contributed by atoms with Crippen LogP contribution < -0.4 is 5.32 Å². The van der Waals surface area contributed by atoms with Crippen LogP contribution in [0.15, 0.2) is 35.7 Å². The van der Waals surface area contributed by atoms with Gasteiger partial charge in [0.05, 0.1) is 17.2 Å². The fourth-order valence-electron chi connectivity index (χ4n) is 3.38. The molecule has 1 aliphatic rings. The Balaban J connectivity index is 1.87. The summed E-state index contributed by atoms with van der Waals surface area (Å²) in [6.45, 7) is 4.24. The van der Waals surface area contributed by atoms with Gasteiger partial charge in [0.25, 0.3) is 17.7 Å². The summed E-state index contributed by atoms with van der Waals surface area (Å²) in [5.41, 5.74) is 1.04. The number of hydrogen-bond acceptors (Lipinski definition) is 4. The zero-order chi connectivity index (χ0) is 18.8. The van der Waals surface area contributed by atoms with Crippen LogP contribution in [0.25, 0.3) is 0 Å². The lowest BCUT2D eigenvalue weighted by atomic mass is 9.92. The maximum atomic E-state index is 12.8. The Kier molecular flexibility index (Phi) is 5.23. The van der Waals surface area contributed by atoms with Gasteiger partial charge in [0, 0.05) is 17.5 Å². The highest BCUT2D eigenvalue weighted by atomic mass is 32.1. The van der Waals surface area contributed by atoms with E-state index in [1.54, 1.807) is 23.5 Å². The average molecular weight is 370 g/mol. The number of nitrogens with one attached hydrogen (secondary N) is 1. The van der Waals surface area contributed by atoms with E-state index in [9.17, 15) is 14.4 Å². The van der Waals surface area contributed by atoms with Gasteiger partial charge in [-0.05, 0) is 35.6 Å². The zero-order valence-corrected chi connectivity index (χ0v) is 15.9. The summed E-state index contributed by atoms with van der Waals surface area (Å²) in [6.07, 6.45) is 1.92. The van der Waals surface area contributed by atoms with Gasteiger partial charge in [0.2, 0.25) is 0 Å². The van der Waals surface area contributed by atoms with Crippen molar-refractivity contribution < 1.29 is 14.4 Å². The molecule has 6 heteroatoms. The third-order valence-electron chi connectivity index (χ3n) is 5.01. The second-order valence-corrected chi connectivity index (χ2v) is 7.45. The Morgan fingerprint density at radius 2 is 1.81 bits per heavy atom. The first-order valence-corrected chi connectivity index (χ1v) is 9.66. The number of benzene rings is 1. The van der Waals surface area contributed by atoms with Crippen molar-refractivity contribution in [2.75, 3.05) is 7.05 Å². The van der Waals surface area contributed by atoms with Crippen LogP contribution in [0.5, 0.6) is 0 Å². The number of amides is 3. The third kappa shape index (κ3) is 3.17. The lowest BCUT2D eigenvalue weighted by Crippen LogP contribution is -2.33. The molecule has 3 amide bonds. The van der Waals surface area contributed by atoms with Gasteiger partial charge in [0.1, 0.15) is 0 Å². The van der Waals surface area contributed by atoms with Gasteiger partial charge in [-0.15, -0.1) is 11.3 Å². The first-order valence-electron chi connectivity index (χ1n) is 8.78. The van der Waals surface area contributed by atoms with Crippen molar-refractivity contribution in [2.45, 2.75) is 32.7 Å². The highest BCUT2D eigenvalue weighted by molar-refractivity contribution is 7.10. The fraction of sp³-hybridized carbons (Fsp3) is 0.350. The first kappa shape index (κ1) is 18.3. The molecule has 0 saturated carbocycles. The minimum absolute atomic E-state index is 0.0641. The number of carbonyl (C=O) groups excluding carboxylic acids is 3. The number of carbonyl (C=O) groups is 3. The lowest BCUT2D eigenvalue weighted by Gasteiger charge is -2.25. The second kappa shape index (κ2) is 7.41. The van der Waals surface area contributed by atoms with Crippen molar-refractivity contribution in [3.63, 3.8) is 0 Å². The van der Waals surface area contributed by atoms with Crippen LogP contribution in [0.4, 0.5) is 0 Å². The molecular weight excluding hydrogens is 348 g/mol. The molecule has 1 aromatic carbocycles. The Morgan fingerprint density at radius 1 is 1.12 bits per heavy atom. The van der Waals surface area contributed by atoms with Crippen molar-refractivity contribution >= 4 is 29.1 Å². The molecular formula is C20H22N2O3S. The number of hydrogen-bond donors (Lipinski definition) is 1. The zero-order valence-electron chi connectivity index (χ0n) is 15.1. The van der Waals surface area contributed by atoms with Gasteiger partial charge in [0.15, 0.2) is 0 Å². The van der Waals surface area contributed by atoms with Gasteiger partial charge in [-0.25, -0.2) is 0 Å². The lowest BCUT2D eigenvalue weighted by molar-refractivity contribution is 0.0693. The molecule has 1 unspecified atom stereocenters. The topological polar surface area (TPSA) is 66.5 Å². The molecule has 2 aromatic rings. The van der Waals surface area contributed by atoms with Crippen molar-refractivity contribution in [3.05, 3.63) is 57.3 Å². The summed E-state index contributed by atoms with van der Waals surface area (Å²) in [5.74, 6) is -0.589. The van der Waals surface area contributed by atoms with Crippen LogP contribution in [0.3, 0.4) is 0 Å². The molecule has 0 bridgehead atoms. The van der Waals surface area contributed by atoms with Crippen LogP contribution in [-0.2, 0) is 0 Å². The molecule has 0 aliphatic carbocycles. The van der Waals surface area contributed by atoms with E-state index in [2.05, 4.69) is 19.2 Å². The highest BCUT2D eigenvalue weighted by Crippen LogP contribution is 2.31. The van der Waals surface area contributed by atoms with Gasteiger partial charge < -0.3 is 5.32 Å². The molecule has 1 atom stereocenters. The number of rotatable bonds is 6. The largest absolute Gasteiger partial charge is 0.344 e. The monoisotopic (exact) mass is 370 g/mol. The van der Waals surface area contributed by atoms with E-state index < -0.39 is 0 Å². The molecule has 0 spiro atoms. The summed E-state index contributed by atoms with van der Waals surface area (Å²) in [5, 5.41) is 5.13. The highest BCUT2D eigenvalue weighted by Gasteiger charge is 2.33. The van der Waals surface area contributed by atoms with E-state index >= 15 is 0 Å². The average Bonchev–Trinajstić information content (AvgIpc) is 3.26. The molecule has 1 aliphatic heterocycles. The standard InChI is InChI=1S/C20H22N2O3S/c1-4-12(5-2)17(16-7-6-10-26-16)21-18(23)13-8-9-14-15(11-13)20(25)22(3)19(14)24/h6-12,17H,4-5H2,1-3H3,(H,21,23). The molecule has 136 valence electrons. The predicted molar refractivity (Wildman–Crippen MR) is 101 cm³/mol. The SMILES string of the molecule is CCC(CC)C(NC(=O)c1ccc2c(c1)C(=O)N(C)C2=O)c1cccs1. The molecule has 0 fully saturated rings. The summed E-state index contributed by atoms with van der Waals surface area (Å²) < 4.78 is 0. The quantitative estimate of drug-likeness (QED) is 0.785. The summed E-state index contributed by atoms with van der Waals surface area (Å²) in [6, 6.07) is 8.64. The molecule has 1 N–H and O–H groups in total. The molecule has 1 aromatic heterocycles. The van der Waals surface area contributed by atoms with Crippen molar-refractivity contribution in [1.29, 1.82) is 0 Å². The van der Waals surface area contributed by atoms with E-state index in [-0.39, 0.29) is 23.8 Å². The fourth-order valence-corrected chi connectivity index (χ4v) is 4.25. The minimum Gasteiger partial charge on any atom is -0.344 e. The van der Waals surface area contributed by atoms with E-state index in [4.69, 9.17) is 0 Å². The van der Waals surface area contributed by atoms with Crippen molar-refractivity contribution in [3.8, 4) is 0 Å². The Hall–Kier alpha value is -2.47. The van der Waals surface area contributed by atoms with E-state index in [1.165, 1.54) is 13.1 Å². The van der Waals surface area contributed by atoms with Crippen LogP contribution >= 0.6 is 11.3 Å². The molecule has 26 heavy (non-hydrogen) atoms. The molecule has 0 saturated heterocycles. The van der Waals surface area contributed by atoms with Gasteiger partial charge in [-0.3, -0.25) is 19.3 Å². The molecule has 2 heterocycles. The maximum Gasteiger partial charge on any atom is 0.261 e. The summed E-state index contributed by atoms with van der Waals surface area (Å²) in [7, 11) is 1.45. The van der Waals surface area contributed by atoms with Gasteiger partial charge in [-0.1, -0.05) is 32.8 Å². The number of fused-ring (bicyclic) bond motifs is 1. The first-order chi connectivity index (χ1) is 12.5. The molecule has 0 radical (unpaired) electrons. The van der Waals surface area contributed by atoms with Crippen molar-refractivity contribution in [1.82, 2.24) is 10.2 Å². The van der Waals surface area contributed by atoms with Gasteiger partial charge >= 0.3 is 0 Å². The second-order valence-electron chi connectivity index (χ2n) is 6.47. The summed E-state index contributed by atoms with van der Waals surface area (Å²) >= 11 is 1.63. The molecule has 5 nitrogen and oxygen atoms in total. The molecule has 3 rings (SSSR count). The van der Waals surface area contributed by atoms with Crippen LogP contribution in [0.1, 0.15) is 68.7 Å². The minimum atomic E-state index is -0.366. The Bertz CT molecular complexity index is 841. The third-order valence-corrected chi connectivity index (χ3v) is 5.96. The van der Waals surface area contributed by atoms with Crippen LogP contribution in [-0.4, -0.2) is 29.7 Å². The Morgan fingerprint density at radius 3 is 2.42 bits per heavy atom. The normalized spacial score (nSPS) is 14.7. The van der Waals surface area contributed by atoms with E-state index in [1.807, 2.05) is 17.5 Å². The van der Waals surface area contributed by atoms with E-state index in [0.29, 0.717) is 22.6 Å². The van der Waals surface area contributed by atoms with Crippen LogP contribution in [0.2, 0.25) is 0 Å². The Labute approximate surface area is 157 Å². The number of imide groups is 1. The van der Waals surface area contributed by atoms with Crippen molar-refractivity contribution in [2.24, 2.45) is 5.92 Å². The predicted octanol–water partition coefficient (Wildman–Crippen LogP) is 3.88. The maximum absolute atomic E-state index is 12.8.